The standard InChI is InChI=1S/C12H13NS2/c1-7-4-9(3)10(5-8(7)2)12-13-11(14)6-15-12/h4-6,14H,1-3H3. The number of benzene rings is 1. The Bertz CT molecular complexity index is 500. The van der Waals surface area contributed by atoms with E-state index in [1.54, 1.807) is 11.3 Å². The molecule has 1 nitrogen and oxygen atoms in total. The largest absolute Gasteiger partial charge is 0.230 e. The van der Waals surface area contributed by atoms with E-state index in [1.165, 1.54) is 22.3 Å². The van der Waals surface area contributed by atoms with Crippen molar-refractivity contribution in [2.24, 2.45) is 0 Å². The summed E-state index contributed by atoms with van der Waals surface area (Å²) in [4.78, 5) is 4.40. The van der Waals surface area contributed by atoms with Crippen LogP contribution in [0.3, 0.4) is 0 Å². The van der Waals surface area contributed by atoms with Crippen molar-refractivity contribution in [2.45, 2.75) is 25.8 Å². The number of rotatable bonds is 1. The van der Waals surface area contributed by atoms with Gasteiger partial charge in [0, 0.05) is 10.9 Å². The Labute approximate surface area is 99.6 Å². The molecule has 0 saturated carbocycles. The average molecular weight is 235 g/mol. The van der Waals surface area contributed by atoms with Crippen molar-refractivity contribution < 1.29 is 0 Å². The van der Waals surface area contributed by atoms with Crippen molar-refractivity contribution in [3.8, 4) is 10.6 Å². The van der Waals surface area contributed by atoms with Crippen LogP contribution < -0.4 is 0 Å². The molecule has 1 aromatic heterocycles. The summed E-state index contributed by atoms with van der Waals surface area (Å²) >= 11 is 5.88. The number of hydrogen-bond donors (Lipinski definition) is 1. The van der Waals surface area contributed by atoms with Crippen LogP contribution in [0.25, 0.3) is 10.6 Å². The minimum Gasteiger partial charge on any atom is -0.230 e. The molecule has 0 aliphatic heterocycles. The van der Waals surface area contributed by atoms with Crippen LogP contribution in [-0.4, -0.2) is 4.98 Å². The molecule has 0 bridgehead atoms. The molecule has 3 heteroatoms. The van der Waals surface area contributed by atoms with E-state index in [4.69, 9.17) is 0 Å². The molecule has 0 N–H and O–H groups in total. The first-order valence-electron chi connectivity index (χ1n) is 4.80. The third kappa shape index (κ3) is 2.08. The summed E-state index contributed by atoms with van der Waals surface area (Å²) in [7, 11) is 0. The van der Waals surface area contributed by atoms with Gasteiger partial charge in [0.15, 0.2) is 0 Å². The van der Waals surface area contributed by atoms with Crippen LogP contribution in [0.5, 0.6) is 0 Å². The Balaban J connectivity index is 2.58. The highest BCUT2D eigenvalue weighted by Crippen LogP contribution is 2.29. The zero-order valence-electron chi connectivity index (χ0n) is 9.03. The Hall–Kier alpha value is -0.800. The second-order valence-electron chi connectivity index (χ2n) is 3.76. The van der Waals surface area contributed by atoms with E-state index < -0.39 is 0 Å². The van der Waals surface area contributed by atoms with Crippen LogP contribution >= 0.6 is 24.0 Å². The van der Waals surface area contributed by atoms with Gasteiger partial charge in [0.2, 0.25) is 0 Å². The van der Waals surface area contributed by atoms with E-state index in [2.05, 4.69) is 50.5 Å². The van der Waals surface area contributed by atoms with Crippen LogP contribution in [0, 0.1) is 20.8 Å². The van der Waals surface area contributed by atoms with Gasteiger partial charge in [-0.05, 0) is 43.5 Å². The molecule has 2 aromatic rings. The first kappa shape index (κ1) is 10.7. The number of hydrogen-bond acceptors (Lipinski definition) is 3. The lowest BCUT2D eigenvalue weighted by Gasteiger charge is -2.06. The molecule has 0 fully saturated rings. The average Bonchev–Trinajstić information content (AvgIpc) is 2.58. The molecule has 0 atom stereocenters. The second kappa shape index (κ2) is 3.99. The Morgan fingerprint density at radius 2 is 1.73 bits per heavy atom. The summed E-state index contributed by atoms with van der Waals surface area (Å²) in [6.45, 7) is 6.40. The van der Waals surface area contributed by atoms with Crippen molar-refractivity contribution in [2.75, 3.05) is 0 Å². The van der Waals surface area contributed by atoms with Gasteiger partial charge >= 0.3 is 0 Å². The molecular weight excluding hydrogens is 222 g/mol. The first-order valence-corrected chi connectivity index (χ1v) is 6.13. The Morgan fingerprint density at radius 1 is 1.07 bits per heavy atom. The molecule has 0 aliphatic rings. The third-order valence-corrected chi connectivity index (χ3v) is 3.84. The Kier molecular flexibility index (Phi) is 2.85. The minimum atomic E-state index is 0.799. The predicted molar refractivity (Wildman–Crippen MR) is 69.0 cm³/mol. The SMILES string of the molecule is Cc1cc(C)c(-c2nc(S)cs2)cc1C. The monoisotopic (exact) mass is 235 g/mol. The highest BCUT2D eigenvalue weighted by molar-refractivity contribution is 7.80. The van der Waals surface area contributed by atoms with Gasteiger partial charge in [-0.15, -0.1) is 24.0 Å². The van der Waals surface area contributed by atoms with E-state index in [9.17, 15) is 0 Å². The summed E-state index contributed by atoms with van der Waals surface area (Å²) in [6, 6.07) is 4.42. The molecule has 1 heterocycles. The summed E-state index contributed by atoms with van der Waals surface area (Å²) in [5.74, 6) is 0. The maximum atomic E-state index is 4.40. The molecule has 0 saturated heterocycles. The van der Waals surface area contributed by atoms with Gasteiger partial charge in [0.25, 0.3) is 0 Å². The summed E-state index contributed by atoms with van der Waals surface area (Å²) in [5, 5.41) is 3.82. The van der Waals surface area contributed by atoms with Gasteiger partial charge in [0.1, 0.15) is 10.0 Å². The smallest absolute Gasteiger partial charge is 0.124 e. The number of thiazole rings is 1. The fourth-order valence-corrected chi connectivity index (χ4v) is 2.67. The summed E-state index contributed by atoms with van der Waals surface area (Å²) in [6.07, 6.45) is 0. The van der Waals surface area contributed by atoms with Gasteiger partial charge in [-0.2, -0.15) is 0 Å². The molecule has 2 rings (SSSR count). The molecule has 0 aliphatic carbocycles. The molecule has 0 amide bonds. The van der Waals surface area contributed by atoms with Crippen LogP contribution in [0.15, 0.2) is 22.5 Å². The van der Waals surface area contributed by atoms with Crippen molar-refractivity contribution in [3.63, 3.8) is 0 Å². The minimum absolute atomic E-state index is 0.799. The summed E-state index contributed by atoms with van der Waals surface area (Å²) < 4.78 is 0. The molecule has 0 radical (unpaired) electrons. The quantitative estimate of drug-likeness (QED) is 0.736. The highest BCUT2D eigenvalue weighted by Gasteiger charge is 2.07. The van der Waals surface area contributed by atoms with Gasteiger partial charge in [0.05, 0.1) is 0 Å². The molecular formula is C12H13NS2. The first-order chi connectivity index (χ1) is 7.08. The third-order valence-electron chi connectivity index (χ3n) is 2.56. The Morgan fingerprint density at radius 3 is 2.33 bits per heavy atom. The second-order valence-corrected chi connectivity index (χ2v) is 5.08. The molecule has 1 aromatic carbocycles. The predicted octanol–water partition coefficient (Wildman–Crippen LogP) is 4.02. The van der Waals surface area contributed by atoms with E-state index in [0.29, 0.717) is 0 Å². The zero-order valence-corrected chi connectivity index (χ0v) is 10.7. The normalized spacial score (nSPS) is 10.7. The molecule has 15 heavy (non-hydrogen) atoms. The van der Waals surface area contributed by atoms with Gasteiger partial charge in [-0.3, -0.25) is 0 Å². The number of aromatic nitrogens is 1. The maximum absolute atomic E-state index is 4.40. The number of thiol groups is 1. The van der Waals surface area contributed by atoms with E-state index >= 15 is 0 Å². The van der Waals surface area contributed by atoms with Crippen LogP contribution in [0.2, 0.25) is 0 Å². The maximum Gasteiger partial charge on any atom is 0.124 e. The fourth-order valence-electron chi connectivity index (χ4n) is 1.58. The van der Waals surface area contributed by atoms with E-state index in [0.717, 1.165) is 10.0 Å². The number of aryl methyl sites for hydroxylation is 3. The van der Waals surface area contributed by atoms with E-state index in [-0.39, 0.29) is 0 Å². The van der Waals surface area contributed by atoms with Gasteiger partial charge < -0.3 is 0 Å². The van der Waals surface area contributed by atoms with Gasteiger partial charge in [-0.25, -0.2) is 4.98 Å². The van der Waals surface area contributed by atoms with Crippen LogP contribution in [0.4, 0.5) is 0 Å². The summed E-state index contributed by atoms with van der Waals surface area (Å²) in [5.41, 5.74) is 5.15. The lowest BCUT2D eigenvalue weighted by Crippen LogP contribution is -1.88. The lowest BCUT2D eigenvalue weighted by atomic mass is 10.0. The topological polar surface area (TPSA) is 12.9 Å². The van der Waals surface area contributed by atoms with Crippen molar-refractivity contribution >= 4 is 24.0 Å². The van der Waals surface area contributed by atoms with Gasteiger partial charge in [-0.1, -0.05) is 6.07 Å². The highest BCUT2D eigenvalue weighted by atomic mass is 32.1. The van der Waals surface area contributed by atoms with Crippen molar-refractivity contribution in [1.82, 2.24) is 4.98 Å². The van der Waals surface area contributed by atoms with Crippen molar-refractivity contribution in [3.05, 3.63) is 34.2 Å². The zero-order chi connectivity index (χ0) is 11.0. The van der Waals surface area contributed by atoms with Crippen LogP contribution in [0.1, 0.15) is 16.7 Å². The number of nitrogens with zero attached hydrogens (tertiary/aromatic N) is 1. The fraction of sp³-hybridized carbons (Fsp3) is 0.250. The van der Waals surface area contributed by atoms with E-state index in [1.807, 2.05) is 5.38 Å². The van der Waals surface area contributed by atoms with Crippen LogP contribution in [-0.2, 0) is 0 Å². The lowest BCUT2D eigenvalue weighted by molar-refractivity contribution is 1.20. The molecule has 0 unspecified atom stereocenters. The van der Waals surface area contributed by atoms with Crippen molar-refractivity contribution in [1.29, 1.82) is 0 Å². The molecule has 78 valence electrons. The molecule has 0 spiro atoms.